The van der Waals surface area contributed by atoms with Gasteiger partial charge in [0.05, 0.1) is 5.69 Å². The zero-order valence-corrected chi connectivity index (χ0v) is 11.6. The van der Waals surface area contributed by atoms with E-state index in [1.807, 2.05) is 18.2 Å². The molecule has 102 valence electrons. The van der Waals surface area contributed by atoms with Crippen molar-refractivity contribution in [2.24, 2.45) is 0 Å². The van der Waals surface area contributed by atoms with Gasteiger partial charge in [-0.2, -0.15) is 0 Å². The van der Waals surface area contributed by atoms with E-state index in [9.17, 15) is 0 Å². The van der Waals surface area contributed by atoms with Gasteiger partial charge in [0.15, 0.2) is 5.76 Å². The molecule has 0 unspecified atom stereocenters. The fourth-order valence-electron chi connectivity index (χ4n) is 2.36. The Hall–Kier alpha value is -2.13. The lowest BCUT2D eigenvalue weighted by Gasteiger charge is -2.02. The Morgan fingerprint density at radius 1 is 1.10 bits per heavy atom. The Labute approximate surface area is 118 Å². The summed E-state index contributed by atoms with van der Waals surface area (Å²) in [5, 5.41) is 9.87. The predicted molar refractivity (Wildman–Crippen MR) is 81.4 cm³/mol. The molecule has 0 spiro atoms. The fraction of sp³-hybridized carbons (Fsp3) is 0.235. The summed E-state index contributed by atoms with van der Waals surface area (Å²) in [4.78, 5) is 0. The highest BCUT2D eigenvalue weighted by Crippen LogP contribution is 2.28. The van der Waals surface area contributed by atoms with Crippen molar-refractivity contribution in [2.45, 2.75) is 19.9 Å². The summed E-state index contributed by atoms with van der Waals surface area (Å²) in [6, 6.07) is 16.6. The lowest BCUT2D eigenvalue weighted by Crippen LogP contribution is -2.13. The number of rotatable bonds is 5. The smallest absolute Gasteiger partial charge is 0.167 e. The molecule has 3 nitrogen and oxygen atoms in total. The van der Waals surface area contributed by atoms with E-state index in [0.29, 0.717) is 0 Å². The van der Waals surface area contributed by atoms with Crippen LogP contribution in [0.1, 0.15) is 19.0 Å². The van der Waals surface area contributed by atoms with Gasteiger partial charge in [-0.1, -0.05) is 54.5 Å². The summed E-state index contributed by atoms with van der Waals surface area (Å²) in [5.41, 5.74) is 2.04. The molecule has 1 heterocycles. The van der Waals surface area contributed by atoms with E-state index in [4.69, 9.17) is 4.52 Å². The standard InChI is InChI=1S/C17H18N2O/c1-2-10-18-12-14-11-17(20-19-14)16-9-5-7-13-6-3-4-8-15(13)16/h3-9,11,18H,2,10,12H2,1H3. The fourth-order valence-corrected chi connectivity index (χ4v) is 2.36. The molecule has 0 amide bonds. The second-order valence-corrected chi connectivity index (χ2v) is 4.89. The minimum atomic E-state index is 0.752. The SMILES string of the molecule is CCCNCc1cc(-c2cccc3ccccc23)on1. The first-order valence-corrected chi connectivity index (χ1v) is 7.03. The lowest BCUT2D eigenvalue weighted by atomic mass is 10.0. The number of aromatic nitrogens is 1. The average molecular weight is 266 g/mol. The van der Waals surface area contributed by atoms with Crippen molar-refractivity contribution in [2.75, 3.05) is 6.54 Å². The van der Waals surface area contributed by atoms with Crippen LogP contribution in [0.5, 0.6) is 0 Å². The number of fused-ring (bicyclic) bond motifs is 1. The van der Waals surface area contributed by atoms with Crippen LogP contribution in [0.4, 0.5) is 0 Å². The summed E-state index contributed by atoms with van der Waals surface area (Å²) < 4.78 is 5.50. The molecular formula is C17H18N2O. The van der Waals surface area contributed by atoms with Crippen LogP contribution >= 0.6 is 0 Å². The maximum absolute atomic E-state index is 5.50. The molecule has 3 heteroatoms. The molecule has 0 fully saturated rings. The van der Waals surface area contributed by atoms with Crippen molar-refractivity contribution in [1.29, 1.82) is 0 Å². The number of benzene rings is 2. The van der Waals surface area contributed by atoms with Crippen LogP contribution in [0.2, 0.25) is 0 Å². The second-order valence-electron chi connectivity index (χ2n) is 4.89. The molecule has 3 aromatic rings. The van der Waals surface area contributed by atoms with Crippen LogP contribution in [0.25, 0.3) is 22.1 Å². The van der Waals surface area contributed by atoms with Crippen molar-refractivity contribution in [3.05, 3.63) is 54.2 Å². The minimum absolute atomic E-state index is 0.752. The van der Waals surface area contributed by atoms with Crippen molar-refractivity contribution in [3.8, 4) is 11.3 Å². The van der Waals surface area contributed by atoms with Crippen LogP contribution in [0.15, 0.2) is 53.1 Å². The maximum atomic E-state index is 5.50. The van der Waals surface area contributed by atoms with Crippen molar-refractivity contribution >= 4 is 10.8 Å². The topological polar surface area (TPSA) is 38.1 Å². The lowest BCUT2D eigenvalue weighted by molar-refractivity contribution is 0.420. The molecule has 0 saturated heterocycles. The highest BCUT2D eigenvalue weighted by atomic mass is 16.5. The third-order valence-corrected chi connectivity index (χ3v) is 3.35. The van der Waals surface area contributed by atoms with Crippen LogP contribution in [0.3, 0.4) is 0 Å². The first kappa shape index (κ1) is 12.9. The third kappa shape index (κ3) is 2.58. The Kier molecular flexibility index (Phi) is 3.79. The molecule has 0 aliphatic carbocycles. The van der Waals surface area contributed by atoms with Crippen molar-refractivity contribution in [3.63, 3.8) is 0 Å². The molecule has 3 rings (SSSR count). The number of nitrogens with one attached hydrogen (secondary N) is 1. The van der Waals surface area contributed by atoms with Gasteiger partial charge in [0.1, 0.15) is 0 Å². The molecule has 0 atom stereocenters. The molecule has 0 saturated carbocycles. The highest BCUT2D eigenvalue weighted by molar-refractivity contribution is 5.95. The minimum Gasteiger partial charge on any atom is -0.356 e. The average Bonchev–Trinajstić information content (AvgIpc) is 2.96. The molecule has 0 aliphatic heterocycles. The molecule has 0 aliphatic rings. The molecule has 0 radical (unpaired) electrons. The Bertz CT molecular complexity index is 698. The summed E-state index contributed by atoms with van der Waals surface area (Å²) in [5.74, 6) is 0.829. The monoisotopic (exact) mass is 266 g/mol. The van der Waals surface area contributed by atoms with Gasteiger partial charge >= 0.3 is 0 Å². The van der Waals surface area contributed by atoms with E-state index in [0.717, 1.165) is 36.5 Å². The number of nitrogens with zero attached hydrogens (tertiary/aromatic N) is 1. The summed E-state index contributed by atoms with van der Waals surface area (Å²) >= 11 is 0. The molecule has 1 aromatic heterocycles. The van der Waals surface area contributed by atoms with Crippen LogP contribution < -0.4 is 5.32 Å². The van der Waals surface area contributed by atoms with Gasteiger partial charge < -0.3 is 9.84 Å². The molecule has 20 heavy (non-hydrogen) atoms. The molecule has 1 N–H and O–H groups in total. The Morgan fingerprint density at radius 2 is 1.95 bits per heavy atom. The largest absolute Gasteiger partial charge is 0.356 e. The zero-order chi connectivity index (χ0) is 13.8. The zero-order valence-electron chi connectivity index (χ0n) is 11.6. The Morgan fingerprint density at radius 3 is 2.85 bits per heavy atom. The molecule has 2 aromatic carbocycles. The van der Waals surface area contributed by atoms with E-state index >= 15 is 0 Å². The maximum Gasteiger partial charge on any atom is 0.167 e. The number of hydrogen-bond acceptors (Lipinski definition) is 3. The predicted octanol–water partition coefficient (Wildman–Crippen LogP) is 3.99. The summed E-state index contributed by atoms with van der Waals surface area (Å²) in [6.07, 6.45) is 1.12. The van der Waals surface area contributed by atoms with E-state index in [2.05, 4.69) is 47.7 Å². The number of hydrogen-bond donors (Lipinski definition) is 1. The Balaban J connectivity index is 1.91. The van der Waals surface area contributed by atoms with Gasteiger partial charge in [-0.15, -0.1) is 0 Å². The van der Waals surface area contributed by atoms with Crippen molar-refractivity contribution in [1.82, 2.24) is 10.5 Å². The quantitative estimate of drug-likeness (QED) is 0.709. The van der Waals surface area contributed by atoms with E-state index in [1.165, 1.54) is 10.8 Å². The second kappa shape index (κ2) is 5.88. The van der Waals surface area contributed by atoms with Gasteiger partial charge in [-0.25, -0.2) is 0 Å². The third-order valence-electron chi connectivity index (χ3n) is 3.35. The van der Waals surface area contributed by atoms with Gasteiger partial charge in [0.25, 0.3) is 0 Å². The van der Waals surface area contributed by atoms with Gasteiger partial charge in [-0.3, -0.25) is 0 Å². The molecule has 0 bridgehead atoms. The van der Waals surface area contributed by atoms with Crippen LogP contribution in [-0.2, 0) is 6.54 Å². The van der Waals surface area contributed by atoms with E-state index in [1.54, 1.807) is 0 Å². The van der Waals surface area contributed by atoms with Gasteiger partial charge in [0, 0.05) is 18.2 Å². The van der Waals surface area contributed by atoms with Crippen LogP contribution in [0, 0.1) is 0 Å². The normalized spacial score (nSPS) is 11.1. The van der Waals surface area contributed by atoms with E-state index in [-0.39, 0.29) is 0 Å². The summed E-state index contributed by atoms with van der Waals surface area (Å²) in [6.45, 7) is 3.90. The van der Waals surface area contributed by atoms with E-state index < -0.39 is 0 Å². The van der Waals surface area contributed by atoms with Crippen LogP contribution in [-0.4, -0.2) is 11.7 Å². The summed E-state index contributed by atoms with van der Waals surface area (Å²) in [7, 11) is 0. The molecular weight excluding hydrogens is 248 g/mol. The van der Waals surface area contributed by atoms with Gasteiger partial charge in [0.2, 0.25) is 0 Å². The van der Waals surface area contributed by atoms with Crippen molar-refractivity contribution < 1.29 is 4.52 Å². The highest BCUT2D eigenvalue weighted by Gasteiger charge is 2.09. The first-order chi connectivity index (χ1) is 9.88. The van der Waals surface area contributed by atoms with Gasteiger partial charge in [-0.05, 0) is 23.7 Å². The first-order valence-electron chi connectivity index (χ1n) is 7.03.